The van der Waals surface area contributed by atoms with Crippen LogP contribution in [-0.2, 0) is 14.8 Å². The number of ether oxygens (including phenoxy) is 1. The van der Waals surface area contributed by atoms with E-state index in [4.69, 9.17) is 16.3 Å². The third kappa shape index (κ3) is 4.66. The Kier molecular flexibility index (Phi) is 6.01. The third-order valence-electron chi connectivity index (χ3n) is 3.63. The molecule has 2 rings (SSSR count). The van der Waals surface area contributed by atoms with Crippen LogP contribution in [0.4, 0.5) is 0 Å². The maximum absolute atomic E-state index is 11.7. The van der Waals surface area contributed by atoms with Gasteiger partial charge < -0.3 is 4.74 Å². The van der Waals surface area contributed by atoms with Crippen molar-refractivity contribution in [2.45, 2.75) is 13.0 Å². The largest absolute Gasteiger partial charge is 0.379 e. The lowest BCUT2D eigenvalue weighted by Crippen LogP contribution is -2.44. The normalized spacial score (nSPS) is 18.6. The molecule has 0 aliphatic carbocycles. The fourth-order valence-corrected chi connectivity index (χ4v) is 3.26. The van der Waals surface area contributed by atoms with Crippen LogP contribution in [0.25, 0.3) is 0 Å². The molecular weight excluding hydrogens is 312 g/mol. The van der Waals surface area contributed by atoms with Gasteiger partial charge in [0.25, 0.3) is 0 Å². The van der Waals surface area contributed by atoms with Crippen molar-refractivity contribution < 1.29 is 13.2 Å². The second-order valence-electron chi connectivity index (χ2n) is 4.94. The first-order valence-corrected chi connectivity index (χ1v) is 9.10. The molecule has 0 aromatic heterocycles. The SMILES string of the molecule is CCS(=O)(=O)NC[C@H](c1ccccc1Cl)N1CCOCC1. The first-order chi connectivity index (χ1) is 10.0. The van der Waals surface area contributed by atoms with E-state index in [2.05, 4.69) is 9.62 Å². The first kappa shape index (κ1) is 16.7. The number of nitrogens with one attached hydrogen (secondary N) is 1. The topological polar surface area (TPSA) is 58.6 Å². The van der Waals surface area contributed by atoms with Crippen molar-refractivity contribution in [1.82, 2.24) is 9.62 Å². The molecule has 1 saturated heterocycles. The van der Waals surface area contributed by atoms with Crippen molar-refractivity contribution in [3.05, 3.63) is 34.9 Å². The molecule has 0 spiro atoms. The Hall–Kier alpha value is -0.660. The zero-order chi connectivity index (χ0) is 15.3. The van der Waals surface area contributed by atoms with Crippen LogP contribution in [0.5, 0.6) is 0 Å². The van der Waals surface area contributed by atoms with E-state index in [9.17, 15) is 8.42 Å². The number of sulfonamides is 1. The summed E-state index contributed by atoms with van der Waals surface area (Å²) in [7, 11) is -3.23. The molecule has 1 fully saturated rings. The third-order valence-corrected chi connectivity index (χ3v) is 5.34. The quantitative estimate of drug-likeness (QED) is 0.860. The van der Waals surface area contributed by atoms with Crippen LogP contribution in [0.1, 0.15) is 18.5 Å². The first-order valence-electron chi connectivity index (χ1n) is 7.07. The molecule has 1 aliphatic heterocycles. The van der Waals surface area contributed by atoms with Gasteiger partial charge >= 0.3 is 0 Å². The zero-order valence-electron chi connectivity index (χ0n) is 12.1. The van der Waals surface area contributed by atoms with Gasteiger partial charge in [-0.2, -0.15) is 0 Å². The molecule has 21 heavy (non-hydrogen) atoms. The lowest BCUT2D eigenvalue weighted by atomic mass is 10.0. The zero-order valence-corrected chi connectivity index (χ0v) is 13.7. The van der Waals surface area contributed by atoms with Gasteiger partial charge in [-0.05, 0) is 18.6 Å². The van der Waals surface area contributed by atoms with Crippen LogP contribution in [-0.4, -0.2) is 51.9 Å². The molecule has 118 valence electrons. The van der Waals surface area contributed by atoms with Gasteiger partial charge in [0.05, 0.1) is 19.0 Å². The van der Waals surface area contributed by atoms with Crippen LogP contribution in [0.3, 0.4) is 0 Å². The number of benzene rings is 1. The van der Waals surface area contributed by atoms with E-state index >= 15 is 0 Å². The van der Waals surface area contributed by atoms with Gasteiger partial charge in [0.15, 0.2) is 0 Å². The number of hydrogen-bond acceptors (Lipinski definition) is 4. The fraction of sp³-hybridized carbons (Fsp3) is 0.571. The Labute approximate surface area is 131 Å². The summed E-state index contributed by atoms with van der Waals surface area (Å²) in [5.41, 5.74) is 0.944. The Morgan fingerprint density at radius 3 is 2.62 bits per heavy atom. The summed E-state index contributed by atoms with van der Waals surface area (Å²) in [6.45, 7) is 4.79. The molecule has 1 aromatic carbocycles. The molecule has 1 N–H and O–H groups in total. The standard InChI is InChI=1S/C14H21ClN2O3S/c1-2-21(18,19)16-11-14(17-7-9-20-10-8-17)12-5-3-4-6-13(12)15/h3-6,14,16H,2,7-11H2,1H3/t14-/m1/s1. The Balaban J connectivity index is 2.20. The van der Waals surface area contributed by atoms with Crippen molar-refractivity contribution in [2.24, 2.45) is 0 Å². The van der Waals surface area contributed by atoms with Gasteiger partial charge in [-0.3, -0.25) is 4.90 Å². The van der Waals surface area contributed by atoms with E-state index in [0.717, 1.165) is 18.7 Å². The summed E-state index contributed by atoms with van der Waals surface area (Å²) >= 11 is 6.29. The summed E-state index contributed by atoms with van der Waals surface area (Å²) in [6, 6.07) is 7.49. The van der Waals surface area contributed by atoms with E-state index in [0.29, 0.717) is 24.8 Å². The number of halogens is 1. The number of morpholine rings is 1. The van der Waals surface area contributed by atoms with E-state index in [1.54, 1.807) is 6.92 Å². The molecule has 0 unspecified atom stereocenters. The fourth-order valence-electron chi connectivity index (χ4n) is 2.38. The Bertz CT molecular complexity index is 559. The van der Waals surface area contributed by atoms with Crippen LogP contribution in [0.2, 0.25) is 5.02 Å². The van der Waals surface area contributed by atoms with Gasteiger partial charge in [0.2, 0.25) is 10.0 Å². The van der Waals surface area contributed by atoms with Crippen LogP contribution in [0.15, 0.2) is 24.3 Å². The highest BCUT2D eigenvalue weighted by atomic mass is 35.5. The second kappa shape index (κ2) is 7.56. The van der Waals surface area contributed by atoms with E-state index in [1.807, 2.05) is 24.3 Å². The molecule has 7 heteroatoms. The summed E-state index contributed by atoms with van der Waals surface area (Å²) < 4.78 is 31.5. The van der Waals surface area contributed by atoms with E-state index in [1.165, 1.54) is 0 Å². The molecular formula is C14H21ClN2O3S. The highest BCUT2D eigenvalue weighted by molar-refractivity contribution is 7.89. The van der Waals surface area contributed by atoms with E-state index < -0.39 is 10.0 Å². The van der Waals surface area contributed by atoms with Gasteiger partial charge in [0, 0.05) is 30.7 Å². The molecule has 1 atom stereocenters. The molecule has 0 amide bonds. The predicted octanol–water partition coefficient (Wildman–Crippen LogP) is 1.65. The molecule has 1 aromatic rings. The maximum atomic E-state index is 11.7. The monoisotopic (exact) mass is 332 g/mol. The van der Waals surface area contributed by atoms with Gasteiger partial charge in [-0.15, -0.1) is 0 Å². The maximum Gasteiger partial charge on any atom is 0.211 e. The van der Waals surface area contributed by atoms with Crippen LogP contribution >= 0.6 is 11.6 Å². The minimum Gasteiger partial charge on any atom is -0.379 e. The average molecular weight is 333 g/mol. The molecule has 0 radical (unpaired) electrons. The van der Waals surface area contributed by atoms with E-state index in [-0.39, 0.29) is 11.8 Å². The highest BCUT2D eigenvalue weighted by Gasteiger charge is 2.25. The average Bonchev–Trinajstić information content (AvgIpc) is 2.50. The molecule has 1 aliphatic rings. The number of hydrogen-bond donors (Lipinski definition) is 1. The lowest BCUT2D eigenvalue weighted by Gasteiger charge is -2.35. The molecule has 1 heterocycles. The Morgan fingerprint density at radius 2 is 2.00 bits per heavy atom. The van der Waals surface area contributed by atoms with Crippen LogP contribution < -0.4 is 4.72 Å². The second-order valence-corrected chi connectivity index (χ2v) is 7.44. The lowest BCUT2D eigenvalue weighted by molar-refractivity contribution is 0.0172. The van der Waals surface area contributed by atoms with Crippen LogP contribution in [0, 0.1) is 0 Å². The number of nitrogens with zero attached hydrogens (tertiary/aromatic N) is 1. The molecule has 5 nitrogen and oxygen atoms in total. The predicted molar refractivity (Wildman–Crippen MR) is 84.0 cm³/mol. The molecule has 0 bridgehead atoms. The van der Waals surface area contributed by atoms with Crippen molar-refractivity contribution in [3.8, 4) is 0 Å². The van der Waals surface area contributed by atoms with Crippen molar-refractivity contribution in [3.63, 3.8) is 0 Å². The summed E-state index contributed by atoms with van der Waals surface area (Å²) in [5, 5.41) is 0.657. The minimum absolute atomic E-state index is 0.0748. The van der Waals surface area contributed by atoms with Gasteiger partial charge in [-0.25, -0.2) is 13.1 Å². The minimum atomic E-state index is -3.23. The number of rotatable bonds is 6. The Morgan fingerprint density at radius 1 is 1.33 bits per heavy atom. The summed E-state index contributed by atoms with van der Waals surface area (Å²) in [4.78, 5) is 2.21. The van der Waals surface area contributed by atoms with Gasteiger partial charge in [0.1, 0.15) is 0 Å². The summed E-state index contributed by atoms with van der Waals surface area (Å²) in [6.07, 6.45) is 0. The smallest absolute Gasteiger partial charge is 0.211 e. The van der Waals surface area contributed by atoms with Gasteiger partial charge in [-0.1, -0.05) is 29.8 Å². The van der Waals surface area contributed by atoms with Crippen molar-refractivity contribution in [2.75, 3.05) is 38.6 Å². The highest BCUT2D eigenvalue weighted by Crippen LogP contribution is 2.27. The molecule has 0 saturated carbocycles. The van der Waals surface area contributed by atoms with Crippen molar-refractivity contribution >= 4 is 21.6 Å². The summed E-state index contributed by atoms with van der Waals surface area (Å²) in [5.74, 6) is 0.0748. The van der Waals surface area contributed by atoms with Crippen molar-refractivity contribution in [1.29, 1.82) is 0 Å².